The van der Waals surface area contributed by atoms with Crippen LogP contribution in [0.25, 0.3) is 0 Å². The summed E-state index contributed by atoms with van der Waals surface area (Å²) >= 11 is 2.99. The van der Waals surface area contributed by atoms with Gasteiger partial charge in [-0.05, 0) is 25.0 Å². The Kier molecular flexibility index (Phi) is 4.32. The topological polar surface area (TPSA) is 49.4 Å². The lowest BCUT2D eigenvalue weighted by molar-refractivity contribution is -0.134. The van der Waals surface area contributed by atoms with E-state index in [2.05, 4.69) is 21.2 Å². The number of nitrogens with one attached hydrogen (secondary N) is 1. The molecule has 0 bridgehead atoms. The molecular weight excluding hydrogens is 346 g/mol. The number of nitrogens with zero attached hydrogens (tertiary/aromatic N) is 1. The average Bonchev–Trinajstić information content (AvgIpc) is 2.36. The van der Waals surface area contributed by atoms with E-state index in [9.17, 15) is 18.4 Å². The quantitative estimate of drug-likeness (QED) is 0.881. The summed E-state index contributed by atoms with van der Waals surface area (Å²) in [5.74, 6) is -2.91. The lowest BCUT2D eigenvalue weighted by atomic mass is 9.97. The summed E-state index contributed by atoms with van der Waals surface area (Å²) in [7, 11) is 0. The van der Waals surface area contributed by atoms with Gasteiger partial charge in [0.1, 0.15) is 17.8 Å². The van der Waals surface area contributed by atoms with Crippen LogP contribution in [-0.2, 0) is 9.59 Å². The maximum atomic E-state index is 14.1. The van der Waals surface area contributed by atoms with Gasteiger partial charge in [0.05, 0.1) is 0 Å². The monoisotopic (exact) mass is 360 g/mol. The predicted molar refractivity (Wildman–Crippen MR) is 77.8 cm³/mol. The molecule has 0 spiro atoms. The molecule has 1 heterocycles. The van der Waals surface area contributed by atoms with Gasteiger partial charge in [-0.1, -0.05) is 29.8 Å². The van der Waals surface area contributed by atoms with Crippen LogP contribution >= 0.6 is 15.9 Å². The second kappa shape index (κ2) is 5.71. The van der Waals surface area contributed by atoms with Gasteiger partial charge in [-0.3, -0.25) is 14.5 Å². The number of carbonyl (C=O) groups excluding carboxylic acids is 2. The van der Waals surface area contributed by atoms with Crippen molar-refractivity contribution in [2.24, 2.45) is 5.92 Å². The lowest BCUT2D eigenvalue weighted by Gasteiger charge is -2.38. The zero-order chi connectivity index (χ0) is 15.9. The Balaban J connectivity index is 2.54. The van der Waals surface area contributed by atoms with Gasteiger partial charge in [-0.2, -0.15) is 0 Å². The van der Waals surface area contributed by atoms with Crippen molar-refractivity contribution in [3.05, 3.63) is 28.2 Å². The third kappa shape index (κ3) is 2.79. The van der Waals surface area contributed by atoms with Crippen molar-refractivity contribution in [1.29, 1.82) is 0 Å². The molecule has 1 aromatic carbocycles. The Morgan fingerprint density at radius 2 is 1.76 bits per heavy atom. The van der Waals surface area contributed by atoms with Gasteiger partial charge < -0.3 is 5.32 Å². The van der Waals surface area contributed by atoms with E-state index in [0.717, 1.165) is 17.0 Å². The Morgan fingerprint density at radius 3 is 2.24 bits per heavy atom. The largest absolute Gasteiger partial charge is 0.342 e. The molecule has 2 unspecified atom stereocenters. The highest BCUT2D eigenvalue weighted by molar-refractivity contribution is 9.10. The minimum absolute atomic E-state index is 0.182. The number of amides is 2. The molecular formula is C14H15BrF2N2O2. The Morgan fingerprint density at radius 1 is 1.24 bits per heavy atom. The molecule has 1 aromatic rings. The first-order chi connectivity index (χ1) is 9.73. The number of halogens is 3. The van der Waals surface area contributed by atoms with Gasteiger partial charge in [0, 0.05) is 4.47 Å². The van der Waals surface area contributed by atoms with E-state index in [-0.39, 0.29) is 10.4 Å². The fraction of sp³-hybridized carbons (Fsp3) is 0.429. The fourth-order valence-corrected chi connectivity index (χ4v) is 2.72. The second-order valence-corrected chi connectivity index (χ2v) is 6.25. The summed E-state index contributed by atoms with van der Waals surface area (Å²) in [6.45, 7) is 4.95. The van der Waals surface area contributed by atoms with Crippen LogP contribution in [-0.4, -0.2) is 23.9 Å². The van der Waals surface area contributed by atoms with Crippen molar-refractivity contribution in [3.8, 4) is 0 Å². The molecule has 21 heavy (non-hydrogen) atoms. The maximum Gasteiger partial charge on any atom is 0.250 e. The number of anilines is 1. The van der Waals surface area contributed by atoms with Crippen molar-refractivity contribution < 1.29 is 18.4 Å². The molecule has 0 aliphatic carbocycles. The van der Waals surface area contributed by atoms with Crippen molar-refractivity contribution >= 4 is 33.4 Å². The molecule has 0 saturated carbocycles. The number of hydrogen-bond acceptors (Lipinski definition) is 2. The van der Waals surface area contributed by atoms with Gasteiger partial charge in [0.2, 0.25) is 5.91 Å². The summed E-state index contributed by atoms with van der Waals surface area (Å²) < 4.78 is 28.4. The van der Waals surface area contributed by atoms with Crippen molar-refractivity contribution in [3.63, 3.8) is 0 Å². The van der Waals surface area contributed by atoms with Gasteiger partial charge in [0.25, 0.3) is 5.91 Å². The number of carbonyl (C=O) groups is 2. The molecule has 2 atom stereocenters. The predicted octanol–water partition coefficient (Wildman–Crippen LogP) is 2.60. The standard InChI is InChI=1S/C14H15BrF2N2O2/c1-6(2)11-14(21)19(7(3)13(20)18-11)12-9(16)4-8(15)5-10(12)17/h4-7,11H,1-3H3,(H,18,20). The van der Waals surface area contributed by atoms with E-state index >= 15 is 0 Å². The first kappa shape index (κ1) is 15.9. The van der Waals surface area contributed by atoms with Crippen LogP contribution in [0.4, 0.5) is 14.5 Å². The van der Waals surface area contributed by atoms with E-state index in [4.69, 9.17) is 0 Å². The third-order valence-corrected chi connectivity index (χ3v) is 3.92. The minimum atomic E-state index is -0.974. The minimum Gasteiger partial charge on any atom is -0.342 e. The van der Waals surface area contributed by atoms with E-state index in [1.807, 2.05) is 0 Å². The van der Waals surface area contributed by atoms with Gasteiger partial charge in [0.15, 0.2) is 11.6 Å². The molecule has 0 aromatic heterocycles. The summed E-state index contributed by atoms with van der Waals surface area (Å²) in [6.07, 6.45) is 0. The highest BCUT2D eigenvalue weighted by atomic mass is 79.9. The van der Waals surface area contributed by atoms with E-state index in [0.29, 0.717) is 0 Å². The second-order valence-electron chi connectivity index (χ2n) is 5.33. The number of hydrogen-bond donors (Lipinski definition) is 1. The summed E-state index contributed by atoms with van der Waals surface area (Å²) in [4.78, 5) is 25.4. The molecule has 1 aliphatic heterocycles. The van der Waals surface area contributed by atoms with Gasteiger partial charge in [-0.25, -0.2) is 8.78 Å². The van der Waals surface area contributed by atoms with Crippen LogP contribution < -0.4 is 10.2 Å². The number of benzene rings is 1. The Labute approximate surface area is 129 Å². The highest BCUT2D eigenvalue weighted by Gasteiger charge is 2.42. The SMILES string of the molecule is CC(C)C1NC(=O)C(C)N(c2c(F)cc(Br)cc2F)C1=O. The van der Waals surface area contributed by atoms with Crippen molar-refractivity contribution in [1.82, 2.24) is 5.32 Å². The summed E-state index contributed by atoms with van der Waals surface area (Å²) in [6, 6.07) is 0.360. The van der Waals surface area contributed by atoms with Gasteiger partial charge in [-0.15, -0.1) is 0 Å². The number of rotatable bonds is 2. The van der Waals surface area contributed by atoms with Crippen molar-refractivity contribution in [2.45, 2.75) is 32.9 Å². The van der Waals surface area contributed by atoms with Crippen molar-refractivity contribution in [2.75, 3.05) is 4.90 Å². The normalized spacial score (nSPS) is 22.7. The molecule has 1 N–H and O–H groups in total. The van der Waals surface area contributed by atoms with Gasteiger partial charge >= 0.3 is 0 Å². The molecule has 1 fully saturated rings. The Bertz CT molecular complexity index is 584. The zero-order valence-electron chi connectivity index (χ0n) is 11.8. The average molecular weight is 361 g/mol. The van der Waals surface area contributed by atoms with Crippen LogP contribution in [0.2, 0.25) is 0 Å². The molecule has 114 valence electrons. The number of piperazine rings is 1. The maximum absolute atomic E-state index is 14.1. The van der Waals surface area contributed by atoms with Crippen LogP contribution in [0.3, 0.4) is 0 Å². The molecule has 1 aliphatic rings. The van der Waals surface area contributed by atoms with Crippen LogP contribution in [0.1, 0.15) is 20.8 Å². The van der Waals surface area contributed by atoms with E-state index in [1.165, 1.54) is 6.92 Å². The Hall–Kier alpha value is -1.50. The zero-order valence-corrected chi connectivity index (χ0v) is 13.4. The molecule has 2 amide bonds. The van der Waals surface area contributed by atoms with E-state index in [1.54, 1.807) is 13.8 Å². The first-order valence-corrected chi connectivity index (χ1v) is 7.31. The van der Waals surface area contributed by atoms with Crippen LogP contribution in [0.5, 0.6) is 0 Å². The molecule has 4 nitrogen and oxygen atoms in total. The molecule has 1 saturated heterocycles. The van der Waals surface area contributed by atoms with E-state index < -0.39 is 41.2 Å². The fourth-order valence-electron chi connectivity index (χ4n) is 2.31. The lowest BCUT2D eigenvalue weighted by Crippen LogP contribution is -2.64. The molecule has 2 rings (SSSR count). The first-order valence-electron chi connectivity index (χ1n) is 6.52. The highest BCUT2D eigenvalue weighted by Crippen LogP contribution is 2.31. The molecule has 7 heteroatoms. The smallest absolute Gasteiger partial charge is 0.250 e. The summed E-state index contributed by atoms with van der Waals surface area (Å²) in [5.41, 5.74) is -0.490. The molecule has 0 radical (unpaired) electrons. The summed E-state index contributed by atoms with van der Waals surface area (Å²) in [5, 5.41) is 2.58. The van der Waals surface area contributed by atoms with Crippen LogP contribution in [0, 0.1) is 17.6 Å². The van der Waals surface area contributed by atoms with Crippen LogP contribution in [0.15, 0.2) is 16.6 Å². The third-order valence-electron chi connectivity index (χ3n) is 3.46.